The fourth-order valence-corrected chi connectivity index (χ4v) is 2.80. The molecule has 106 valence electrons. The molecule has 2 aromatic heterocycles. The van der Waals surface area contributed by atoms with E-state index >= 15 is 0 Å². The van der Waals surface area contributed by atoms with Gasteiger partial charge in [0.2, 0.25) is 0 Å². The first-order valence-electron chi connectivity index (χ1n) is 6.28. The third-order valence-electron chi connectivity index (χ3n) is 2.95. The number of nitrogens with one attached hydrogen (secondary N) is 1. The van der Waals surface area contributed by atoms with Crippen molar-refractivity contribution in [1.82, 2.24) is 4.98 Å². The molecule has 0 aliphatic rings. The number of esters is 1. The van der Waals surface area contributed by atoms with E-state index in [0.717, 1.165) is 6.42 Å². The second kappa shape index (κ2) is 6.38. The molecule has 0 aromatic carbocycles. The van der Waals surface area contributed by atoms with Crippen LogP contribution in [0.2, 0.25) is 0 Å². The van der Waals surface area contributed by atoms with Crippen LogP contribution in [0.15, 0.2) is 23.7 Å². The summed E-state index contributed by atoms with van der Waals surface area (Å²) in [6.07, 6.45) is 2.50. The summed E-state index contributed by atoms with van der Waals surface area (Å²) in [4.78, 5) is 17.1. The molecule has 2 aromatic rings. The van der Waals surface area contributed by atoms with E-state index in [9.17, 15) is 4.79 Å². The molecule has 0 radical (unpaired) electrons. The van der Waals surface area contributed by atoms with E-state index in [1.807, 2.05) is 0 Å². The highest BCUT2D eigenvalue weighted by Gasteiger charge is 2.14. The van der Waals surface area contributed by atoms with Crippen molar-refractivity contribution in [1.29, 1.82) is 0 Å². The van der Waals surface area contributed by atoms with Crippen LogP contribution in [0.1, 0.15) is 27.7 Å². The lowest BCUT2D eigenvalue weighted by molar-refractivity contribution is 0.0601. The average molecular weight is 291 g/mol. The highest BCUT2D eigenvalue weighted by Crippen LogP contribution is 2.21. The summed E-state index contributed by atoms with van der Waals surface area (Å²) < 4.78 is 4.74. The fraction of sp³-hybridized carbons (Fsp3) is 0.286. The number of rotatable bonds is 5. The number of hydrogen-bond acceptors (Lipinski definition) is 6. The summed E-state index contributed by atoms with van der Waals surface area (Å²) in [5.41, 5.74) is 7.74. The van der Waals surface area contributed by atoms with Gasteiger partial charge in [0.05, 0.1) is 25.5 Å². The molecule has 0 amide bonds. The number of carbonyl (C=O) groups excluding carboxylic acids is 1. The molecule has 0 saturated heterocycles. The van der Waals surface area contributed by atoms with E-state index in [4.69, 9.17) is 10.5 Å². The van der Waals surface area contributed by atoms with Crippen LogP contribution in [0.5, 0.6) is 0 Å². The quantitative estimate of drug-likeness (QED) is 0.828. The molecular weight excluding hydrogens is 274 g/mol. The molecule has 0 fully saturated rings. The van der Waals surface area contributed by atoms with Crippen LogP contribution in [-0.2, 0) is 17.7 Å². The van der Waals surface area contributed by atoms with Crippen LogP contribution in [0.4, 0.5) is 11.5 Å². The number of ether oxygens (including phenoxy) is 1. The number of nitrogen functional groups attached to an aromatic ring is 1. The summed E-state index contributed by atoms with van der Waals surface area (Å²) >= 11 is 1.69. The van der Waals surface area contributed by atoms with Crippen molar-refractivity contribution in [2.24, 2.45) is 0 Å². The molecule has 6 heteroatoms. The summed E-state index contributed by atoms with van der Waals surface area (Å²) in [5.74, 6) is 0.0377. The number of aromatic nitrogens is 1. The van der Waals surface area contributed by atoms with Crippen LogP contribution >= 0.6 is 11.3 Å². The Bertz CT molecular complexity index is 610. The van der Waals surface area contributed by atoms with Gasteiger partial charge in [0.25, 0.3) is 0 Å². The van der Waals surface area contributed by atoms with Crippen LogP contribution in [-0.4, -0.2) is 18.1 Å². The maximum atomic E-state index is 11.7. The third-order valence-corrected chi connectivity index (χ3v) is 3.91. The SMILES string of the molecule is CCc1ccsc1CNc1ncc(N)cc1C(=O)OC. The van der Waals surface area contributed by atoms with Gasteiger partial charge in [-0.1, -0.05) is 6.92 Å². The molecule has 0 aliphatic carbocycles. The highest BCUT2D eigenvalue weighted by atomic mass is 32.1. The van der Waals surface area contributed by atoms with Crippen LogP contribution < -0.4 is 11.1 Å². The van der Waals surface area contributed by atoms with Gasteiger partial charge in [-0.25, -0.2) is 9.78 Å². The lowest BCUT2D eigenvalue weighted by atomic mass is 10.2. The number of thiophene rings is 1. The second-order valence-corrected chi connectivity index (χ2v) is 5.23. The van der Waals surface area contributed by atoms with Crippen molar-refractivity contribution in [2.75, 3.05) is 18.2 Å². The number of hydrogen-bond donors (Lipinski definition) is 2. The maximum Gasteiger partial charge on any atom is 0.341 e. The Balaban J connectivity index is 2.19. The highest BCUT2D eigenvalue weighted by molar-refractivity contribution is 7.10. The number of pyridine rings is 1. The number of nitrogens with zero attached hydrogens (tertiary/aromatic N) is 1. The van der Waals surface area contributed by atoms with Crippen LogP contribution in [0.3, 0.4) is 0 Å². The molecule has 5 nitrogen and oxygen atoms in total. The first-order valence-corrected chi connectivity index (χ1v) is 7.16. The molecule has 0 bridgehead atoms. The molecule has 20 heavy (non-hydrogen) atoms. The number of aryl methyl sites for hydroxylation is 1. The summed E-state index contributed by atoms with van der Waals surface area (Å²) in [5, 5.41) is 5.24. The Morgan fingerprint density at radius 2 is 2.35 bits per heavy atom. The Kier molecular flexibility index (Phi) is 4.57. The standard InChI is InChI=1S/C14H17N3O2S/c1-3-9-4-5-20-12(9)8-17-13-11(14(18)19-2)6-10(15)7-16-13/h4-7H,3,8,15H2,1-2H3,(H,16,17). The average Bonchev–Trinajstić information content (AvgIpc) is 2.92. The van der Waals surface area contributed by atoms with Gasteiger partial charge in [-0.2, -0.15) is 0 Å². The number of carbonyl (C=O) groups is 1. The summed E-state index contributed by atoms with van der Waals surface area (Å²) in [6.45, 7) is 2.74. The molecular formula is C14H17N3O2S. The minimum atomic E-state index is -0.450. The molecule has 0 unspecified atom stereocenters. The van der Waals surface area contributed by atoms with Gasteiger partial charge in [0.1, 0.15) is 11.4 Å². The summed E-state index contributed by atoms with van der Waals surface area (Å²) in [6, 6.07) is 3.68. The van der Waals surface area contributed by atoms with Crippen molar-refractivity contribution in [3.63, 3.8) is 0 Å². The van der Waals surface area contributed by atoms with Gasteiger partial charge in [-0.3, -0.25) is 0 Å². The molecule has 0 saturated carbocycles. The number of anilines is 2. The van der Waals surface area contributed by atoms with E-state index in [1.54, 1.807) is 17.4 Å². The smallest absolute Gasteiger partial charge is 0.341 e. The van der Waals surface area contributed by atoms with E-state index in [1.165, 1.54) is 23.7 Å². The minimum Gasteiger partial charge on any atom is -0.465 e. The van der Waals surface area contributed by atoms with Gasteiger partial charge in [0, 0.05) is 4.88 Å². The predicted molar refractivity (Wildman–Crippen MR) is 81.0 cm³/mol. The van der Waals surface area contributed by atoms with E-state index < -0.39 is 5.97 Å². The third kappa shape index (κ3) is 3.08. The second-order valence-electron chi connectivity index (χ2n) is 4.23. The zero-order chi connectivity index (χ0) is 14.5. The Morgan fingerprint density at radius 3 is 3.05 bits per heavy atom. The van der Waals surface area contributed by atoms with Gasteiger partial charge in [0.15, 0.2) is 0 Å². The molecule has 0 spiro atoms. The van der Waals surface area contributed by atoms with E-state index in [2.05, 4.69) is 28.7 Å². The molecule has 3 N–H and O–H groups in total. The van der Waals surface area contributed by atoms with E-state index in [0.29, 0.717) is 23.6 Å². The maximum absolute atomic E-state index is 11.7. The molecule has 0 aliphatic heterocycles. The molecule has 0 atom stereocenters. The minimum absolute atomic E-state index is 0.349. The van der Waals surface area contributed by atoms with Crippen molar-refractivity contribution >= 4 is 28.8 Å². The van der Waals surface area contributed by atoms with Gasteiger partial charge in [-0.05, 0) is 29.5 Å². The van der Waals surface area contributed by atoms with E-state index in [-0.39, 0.29) is 0 Å². The fourth-order valence-electron chi connectivity index (χ4n) is 1.89. The Morgan fingerprint density at radius 1 is 1.55 bits per heavy atom. The van der Waals surface area contributed by atoms with Crippen LogP contribution in [0, 0.1) is 0 Å². The first kappa shape index (κ1) is 14.3. The topological polar surface area (TPSA) is 77.2 Å². The lowest BCUT2D eigenvalue weighted by Gasteiger charge is -2.10. The molecule has 2 heterocycles. The van der Waals surface area contributed by atoms with Gasteiger partial charge < -0.3 is 15.8 Å². The van der Waals surface area contributed by atoms with Crippen molar-refractivity contribution in [3.05, 3.63) is 39.7 Å². The Hall–Kier alpha value is -2.08. The summed E-state index contributed by atoms with van der Waals surface area (Å²) in [7, 11) is 1.34. The number of nitrogens with two attached hydrogens (primary N) is 1. The largest absolute Gasteiger partial charge is 0.465 e. The van der Waals surface area contributed by atoms with Gasteiger partial charge >= 0.3 is 5.97 Å². The zero-order valence-corrected chi connectivity index (χ0v) is 12.3. The van der Waals surface area contributed by atoms with Crippen molar-refractivity contribution in [3.8, 4) is 0 Å². The monoisotopic (exact) mass is 291 g/mol. The van der Waals surface area contributed by atoms with Crippen LogP contribution in [0.25, 0.3) is 0 Å². The number of methoxy groups -OCH3 is 1. The lowest BCUT2D eigenvalue weighted by Crippen LogP contribution is -2.10. The van der Waals surface area contributed by atoms with Gasteiger partial charge in [-0.15, -0.1) is 11.3 Å². The normalized spacial score (nSPS) is 10.3. The zero-order valence-electron chi connectivity index (χ0n) is 11.5. The van der Waals surface area contributed by atoms with Crippen molar-refractivity contribution < 1.29 is 9.53 Å². The first-order chi connectivity index (χ1) is 9.65. The molecule has 2 rings (SSSR count). The van der Waals surface area contributed by atoms with Crippen molar-refractivity contribution in [2.45, 2.75) is 19.9 Å². The predicted octanol–water partition coefficient (Wildman–Crippen LogP) is 2.69. The Labute approximate surface area is 121 Å².